The van der Waals surface area contributed by atoms with Crippen molar-refractivity contribution < 1.29 is 9.52 Å². The van der Waals surface area contributed by atoms with Crippen LogP contribution in [0.4, 0.5) is 0 Å². The molecule has 20 heavy (non-hydrogen) atoms. The first kappa shape index (κ1) is 13.2. The van der Waals surface area contributed by atoms with Crippen LogP contribution in [0.1, 0.15) is 30.9 Å². The minimum absolute atomic E-state index is 0.478. The van der Waals surface area contributed by atoms with Gasteiger partial charge in [-0.3, -0.25) is 4.68 Å². The summed E-state index contributed by atoms with van der Waals surface area (Å²) in [6.45, 7) is 2.83. The maximum Gasteiger partial charge on any atom is 0.153 e. The molecule has 0 spiro atoms. The van der Waals surface area contributed by atoms with Gasteiger partial charge in [-0.25, -0.2) is 0 Å². The van der Waals surface area contributed by atoms with Crippen LogP contribution in [0.25, 0.3) is 11.0 Å². The fourth-order valence-corrected chi connectivity index (χ4v) is 2.52. The molecule has 0 amide bonds. The summed E-state index contributed by atoms with van der Waals surface area (Å²) in [6, 6.07) is 9.15. The third kappa shape index (κ3) is 2.21. The average molecular weight is 291 g/mol. The molecule has 0 aliphatic carbocycles. The maximum atomic E-state index is 10.5. The van der Waals surface area contributed by atoms with E-state index in [1.165, 1.54) is 0 Å². The van der Waals surface area contributed by atoms with E-state index in [0.29, 0.717) is 16.4 Å². The molecule has 5 heteroatoms. The van der Waals surface area contributed by atoms with Gasteiger partial charge in [0.1, 0.15) is 5.76 Å². The van der Waals surface area contributed by atoms with E-state index in [-0.39, 0.29) is 0 Å². The minimum Gasteiger partial charge on any atom is -0.456 e. The fourth-order valence-electron chi connectivity index (χ4n) is 2.30. The van der Waals surface area contributed by atoms with Crippen molar-refractivity contribution in [2.75, 3.05) is 0 Å². The summed E-state index contributed by atoms with van der Waals surface area (Å²) >= 11 is 6.09. The van der Waals surface area contributed by atoms with Crippen LogP contribution in [0.15, 0.2) is 40.9 Å². The first-order valence-corrected chi connectivity index (χ1v) is 6.96. The first-order chi connectivity index (χ1) is 9.70. The summed E-state index contributed by atoms with van der Waals surface area (Å²) < 4.78 is 7.49. The smallest absolute Gasteiger partial charge is 0.153 e. The fraction of sp³-hybridized carbons (Fsp3) is 0.267. The monoisotopic (exact) mass is 290 g/mol. The Bertz CT molecular complexity index is 732. The van der Waals surface area contributed by atoms with Crippen LogP contribution < -0.4 is 0 Å². The number of nitrogens with zero attached hydrogens (tertiary/aromatic N) is 2. The van der Waals surface area contributed by atoms with Crippen molar-refractivity contribution in [1.82, 2.24) is 9.78 Å². The highest BCUT2D eigenvalue weighted by Crippen LogP contribution is 2.31. The van der Waals surface area contributed by atoms with E-state index < -0.39 is 6.10 Å². The maximum absolute atomic E-state index is 10.5. The number of hydrogen-bond donors (Lipinski definition) is 1. The van der Waals surface area contributed by atoms with Crippen molar-refractivity contribution in [2.45, 2.75) is 26.0 Å². The molecule has 104 valence electrons. The Morgan fingerprint density at radius 3 is 3.00 bits per heavy atom. The van der Waals surface area contributed by atoms with Gasteiger partial charge in [0, 0.05) is 18.1 Å². The number of hydrogen-bond acceptors (Lipinski definition) is 3. The van der Waals surface area contributed by atoms with Gasteiger partial charge < -0.3 is 9.52 Å². The number of furan rings is 1. The number of aryl methyl sites for hydroxylation is 1. The van der Waals surface area contributed by atoms with Crippen LogP contribution in [0, 0.1) is 0 Å². The first-order valence-electron chi connectivity index (χ1n) is 6.58. The van der Waals surface area contributed by atoms with E-state index >= 15 is 0 Å². The van der Waals surface area contributed by atoms with Crippen molar-refractivity contribution >= 4 is 22.6 Å². The molecule has 0 radical (unpaired) electrons. The van der Waals surface area contributed by atoms with Gasteiger partial charge >= 0.3 is 0 Å². The molecule has 0 saturated heterocycles. The third-order valence-electron chi connectivity index (χ3n) is 3.25. The molecular formula is C15H15ClN2O2. The van der Waals surface area contributed by atoms with Crippen molar-refractivity contribution in [1.29, 1.82) is 0 Å². The molecule has 3 rings (SSSR count). The predicted octanol–water partition coefficient (Wildman–Crippen LogP) is 3.77. The number of halogens is 1. The van der Waals surface area contributed by atoms with Crippen LogP contribution in [0.2, 0.25) is 5.02 Å². The zero-order chi connectivity index (χ0) is 14.1. The number of rotatable bonds is 4. The van der Waals surface area contributed by atoms with Crippen LogP contribution in [0.5, 0.6) is 0 Å². The van der Waals surface area contributed by atoms with Gasteiger partial charge in [0.15, 0.2) is 11.7 Å². The van der Waals surface area contributed by atoms with Crippen molar-refractivity contribution in [3.8, 4) is 0 Å². The molecule has 2 heterocycles. The van der Waals surface area contributed by atoms with Crippen molar-refractivity contribution in [3.63, 3.8) is 0 Å². The number of para-hydroxylation sites is 1. The Kier molecular flexibility index (Phi) is 3.51. The highest BCUT2D eigenvalue weighted by molar-refractivity contribution is 6.34. The number of benzene rings is 1. The second kappa shape index (κ2) is 5.31. The van der Waals surface area contributed by atoms with Gasteiger partial charge in [0.2, 0.25) is 0 Å². The topological polar surface area (TPSA) is 51.2 Å². The summed E-state index contributed by atoms with van der Waals surface area (Å²) in [5.74, 6) is 0.478. The Hall–Kier alpha value is -1.78. The lowest BCUT2D eigenvalue weighted by Gasteiger charge is -2.10. The van der Waals surface area contributed by atoms with Gasteiger partial charge in [0.25, 0.3) is 0 Å². The largest absolute Gasteiger partial charge is 0.456 e. The molecule has 1 aromatic carbocycles. The Morgan fingerprint density at radius 2 is 2.25 bits per heavy atom. The van der Waals surface area contributed by atoms with E-state index in [1.54, 1.807) is 23.0 Å². The van der Waals surface area contributed by atoms with E-state index in [9.17, 15) is 5.11 Å². The Balaban J connectivity index is 2.01. The highest BCUT2D eigenvalue weighted by atomic mass is 35.5. The number of aliphatic hydroxyl groups excluding tert-OH is 1. The summed E-state index contributed by atoms with van der Waals surface area (Å²) in [4.78, 5) is 0. The van der Waals surface area contributed by atoms with E-state index in [4.69, 9.17) is 16.0 Å². The second-order valence-corrected chi connectivity index (χ2v) is 5.10. The Labute approximate surface area is 121 Å². The standard InChI is InChI=1S/C15H15ClN2O2/c1-2-8-18-12(6-7-17-18)14(19)13-9-10-4-3-5-11(16)15(10)20-13/h3-7,9,14,19H,2,8H2,1H3. The summed E-state index contributed by atoms with van der Waals surface area (Å²) in [7, 11) is 0. The molecule has 1 atom stereocenters. The number of aromatic nitrogens is 2. The molecule has 0 aliphatic heterocycles. The predicted molar refractivity (Wildman–Crippen MR) is 77.8 cm³/mol. The second-order valence-electron chi connectivity index (χ2n) is 4.69. The molecule has 0 fully saturated rings. The molecule has 1 N–H and O–H groups in total. The lowest BCUT2D eigenvalue weighted by molar-refractivity contribution is 0.181. The third-order valence-corrected chi connectivity index (χ3v) is 3.55. The lowest BCUT2D eigenvalue weighted by Crippen LogP contribution is -2.09. The van der Waals surface area contributed by atoms with Crippen LogP contribution >= 0.6 is 11.6 Å². The molecule has 1 unspecified atom stereocenters. The molecular weight excluding hydrogens is 276 g/mol. The molecule has 0 bridgehead atoms. The summed E-state index contributed by atoms with van der Waals surface area (Å²) in [5, 5.41) is 16.1. The van der Waals surface area contributed by atoms with E-state index in [0.717, 1.165) is 24.0 Å². The van der Waals surface area contributed by atoms with Crippen molar-refractivity contribution in [2.24, 2.45) is 0 Å². The van der Waals surface area contributed by atoms with E-state index in [2.05, 4.69) is 12.0 Å². The SMILES string of the molecule is CCCn1nccc1C(O)c1cc2cccc(Cl)c2o1. The number of aliphatic hydroxyl groups is 1. The number of fused-ring (bicyclic) bond motifs is 1. The molecule has 0 saturated carbocycles. The average Bonchev–Trinajstić information content (AvgIpc) is 3.05. The van der Waals surface area contributed by atoms with Crippen LogP contribution in [-0.4, -0.2) is 14.9 Å². The van der Waals surface area contributed by atoms with Gasteiger partial charge in [0.05, 0.1) is 10.7 Å². The van der Waals surface area contributed by atoms with Crippen molar-refractivity contribution in [3.05, 3.63) is 53.0 Å². The normalized spacial score (nSPS) is 12.9. The van der Waals surface area contributed by atoms with Crippen LogP contribution in [0.3, 0.4) is 0 Å². The molecule has 0 aliphatic rings. The van der Waals surface area contributed by atoms with Gasteiger partial charge in [-0.1, -0.05) is 30.7 Å². The minimum atomic E-state index is -0.840. The van der Waals surface area contributed by atoms with E-state index in [1.807, 2.05) is 18.2 Å². The lowest BCUT2D eigenvalue weighted by atomic mass is 10.2. The summed E-state index contributed by atoms with van der Waals surface area (Å²) in [5.41, 5.74) is 1.33. The molecule has 2 aromatic heterocycles. The quantitative estimate of drug-likeness (QED) is 0.795. The van der Waals surface area contributed by atoms with Gasteiger partial charge in [-0.05, 0) is 24.6 Å². The highest BCUT2D eigenvalue weighted by Gasteiger charge is 2.20. The Morgan fingerprint density at radius 1 is 1.40 bits per heavy atom. The molecule has 3 aromatic rings. The van der Waals surface area contributed by atoms with Gasteiger partial charge in [-0.2, -0.15) is 5.10 Å². The van der Waals surface area contributed by atoms with Gasteiger partial charge in [-0.15, -0.1) is 0 Å². The summed E-state index contributed by atoms with van der Waals surface area (Å²) in [6.07, 6.45) is 1.80. The zero-order valence-electron chi connectivity index (χ0n) is 11.1. The van der Waals surface area contributed by atoms with Crippen LogP contribution in [-0.2, 0) is 6.54 Å². The molecule has 4 nitrogen and oxygen atoms in total. The zero-order valence-corrected chi connectivity index (χ0v) is 11.8.